The molecule has 0 aliphatic carbocycles. The predicted molar refractivity (Wildman–Crippen MR) is 93.1 cm³/mol. The van der Waals surface area contributed by atoms with Gasteiger partial charge in [0, 0.05) is 38.4 Å². The number of carbonyl (C=O) groups excluding carboxylic acids is 1. The molecule has 25 heavy (non-hydrogen) atoms. The van der Waals surface area contributed by atoms with Gasteiger partial charge in [-0.05, 0) is 36.2 Å². The number of amides is 1. The van der Waals surface area contributed by atoms with Gasteiger partial charge in [0.05, 0.1) is 18.4 Å². The van der Waals surface area contributed by atoms with Crippen LogP contribution in [0.4, 0.5) is 5.95 Å². The maximum absolute atomic E-state index is 12.1. The SMILES string of the molecule is CN(CCc1ccncc1)c1ncc(C(=O)NCc2ccco2)cn1. The van der Waals surface area contributed by atoms with E-state index in [1.807, 2.05) is 24.1 Å². The van der Waals surface area contributed by atoms with Crippen LogP contribution in [0, 0.1) is 0 Å². The summed E-state index contributed by atoms with van der Waals surface area (Å²) in [6.07, 6.45) is 9.06. The number of nitrogens with zero attached hydrogens (tertiary/aromatic N) is 4. The number of carbonyl (C=O) groups is 1. The molecule has 1 amide bonds. The zero-order valence-corrected chi connectivity index (χ0v) is 13.9. The summed E-state index contributed by atoms with van der Waals surface area (Å²) in [7, 11) is 1.92. The van der Waals surface area contributed by atoms with Crippen LogP contribution in [0.15, 0.2) is 59.7 Å². The summed E-state index contributed by atoms with van der Waals surface area (Å²) in [4.78, 5) is 26.6. The molecular formula is C18H19N5O2. The smallest absolute Gasteiger partial charge is 0.254 e. The Bertz CT molecular complexity index is 788. The number of anilines is 1. The van der Waals surface area contributed by atoms with Gasteiger partial charge in [-0.25, -0.2) is 9.97 Å². The van der Waals surface area contributed by atoms with E-state index >= 15 is 0 Å². The van der Waals surface area contributed by atoms with Crippen molar-refractivity contribution in [2.24, 2.45) is 0 Å². The Kier molecular flexibility index (Phi) is 5.36. The lowest BCUT2D eigenvalue weighted by atomic mass is 10.2. The second kappa shape index (κ2) is 8.05. The second-order valence-electron chi connectivity index (χ2n) is 5.56. The zero-order chi connectivity index (χ0) is 17.5. The van der Waals surface area contributed by atoms with E-state index in [0.29, 0.717) is 23.8 Å². The van der Waals surface area contributed by atoms with E-state index in [4.69, 9.17) is 4.42 Å². The lowest BCUT2D eigenvalue weighted by Gasteiger charge is -2.16. The molecule has 0 unspecified atom stereocenters. The number of rotatable bonds is 7. The Morgan fingerprint density at radius 1 is 1.20 bits per heavy atom. The first-order valence-electron chi connectivity index (χ1n) is 7.95. The molecule has 0 aliphatic rings. The largest absolute Gasteiger partial charge is 0.467 e. The molecule has 0 bridgehead atoms. The van der Waals surface area contributed by atoms with Crippen LogP contribution >= 0.6 is 0 Å². The lowest BCUT2D eigenvalue weighted by Crippen LogP contribution is -2.25. The zero-order valence-electron chi connectivity index (χ0n) is 13.9. The summed E-state index contributed by atoms with van der Waals surface area (Å²) in [6, 6.07) is 7.56. The van der Waals surface area contributed by atoms with Crippen molar-refractivity contribution >= 4 is 11.9 Å². The van der Waals surface area contributed by atoms with Crippen molar-refractivity contribution < 1.29 is 9.21 Å². The molecule has 0 saturated heterocycles. The van der Waals surface area contributed by atoms with Gasteiger partial charge >= 0.3 is 0 Å². The van der Waals surface area contributed by atoms with E-state index in [2.05, 4.69) is 20.3 Å². The first-order valence-corrected chi connectivity index (χ1v) is 7.95. The van der Waals surface area contributed by atoms with Crippen LogP contribution in [-0.2, 0) is 13.0 Å². The van der Waals surface area contributed by atoms with E-state index in [9.17, 15) is 4.79 Å². The fourth-order valence-electron chi connectivity index (χ4n) is 2.26. The molecule has 0 radical (unpaired) electrons. The quantitative estimate of drug-likeness (QED) is 0.710. The van der Waals surface area contributed by atoms with Crippen molar-refractivity contribution in [3.63, 3.8) is 0 Å². The highest BCUT2D eigenvalue weighted by molar-refractivity contribution is 5.93. The monoisotopic (exact) mass is 337 g/mol. The van der Waals surface area contributed by atoms with E-state index in [1.165, 1.54) is 18.0 Å². The lowest BCUT2D eigenvalue weighted by molar-refractivity contribution is 0.0947. The van der Waals surface area contributed by atoms with Crippen LogP contribution in [0.2, 0.25) is 0 Å². The molecule has 1 N–H and O–H groups in total. The molecule has 3 aromatic heterocycles. The van der Waals surface area contributed by atoms with E-state index in [1.54, 1.807) is 30.8 Å². The van der Waals surface area contributed by atoms with E-state index in [0.717, 1.165) is 13.0 Å². The third-order valence-electron chi connectivity index (χ3n) is 3.73. The Morgan fingerprint density at radius 3 is 2.64 bits per heavy atom. The first-order chi connectivity index (χ1) is 12.2. The molecule has 0 fully saturated rings. The third-order valence-corrected chi connectivity index (χ3v) is 3.73. The van der Waals surface area contributed by atoms with Gasteiger partial charge in [-0.1, -0.05) is 0 Å². The normalized spacial score (nSPS) is 10.4. The number of hydrogen-bond acceptors (Lipinski definition) is 6. The van der Waals surface area contributed by atoms with Gasteiger partial charge in [0.15, 0.2) is 0 Å². The van der Waals surface area contributed by atoms with Crippen molar-refractivity contribution in [2.75, 3.05) is 18.5 Å². The summed E-state index contributed by atoms with van der Waals surface area (Å²) in [5.74, 6) is 1.04. The average molecular weight is 337 g/mol. The number of pyridine rings is 1. The van der Waals surface area contributed by atoms with Gasteiger partial charge in [0.2, 0.25) is 5.95 Å². The molecule has 0 aromatic carbocycles. The fourth-order valence-corrected chi connectivity index (χ4v) is 2.26. The van der Waals surface area contributed by atoms with Crippen molar-refractivity contribution in [3.05, 3.63) is 72.2 Å². The first kappa shape index (κ1) is 16.6. The highest BCUT2D eigenvalue weighted by atomic mass is 16.3. The molecule has 0 atom stereocenters. The molecule has 3 aromatic rings. The number of nitrogens with one attached hydrogen (secondary N) is 1. The highest BCUT2D eigenvalue weighted by Gasteiger charge is 2.10. The summed E-state index contributed by atoms with van der Waals surface area (Å²) < 4.78 is 5.18. The van der Waals surface area contributed by atoms with Crippen LogP contribution in [0.3, 0.4) is 0 Å². The average Bonchev–Trinajstić information content (AvgIpc) is 3.19. The van der Waals surface area contributed by atoms with Crippen molar-refractivity contribution in [3.8, 4) is 0 Å². The number of furan rings is 1. The van der Waals surface area contributed by atoms with Crippen LogP contribution in [0.5, 0.6) is 0 Å². The molecule has 3 rings (SSSR count). The van der Waals surface area contributed by atoms with E-state index in [-0.39, 0.29) is 5.91 Å². The van der Waals surface area contributed by atoms with Gasteiger partial charge in [-0.3, -0.25) is 9.78 Å². The standard InChI is InChI=1S/C18H19N5O2/c1-23(9-6-14-4-7-19-8-5-14)18-21-11-15(12-22-18)17(24)20-13-16-3-2-10-25-16/h2-5,7-8,10-12H,6,9,13H2,1H3,(H,20,24). The van der Waals surface area contributed by atoms with Crippen LogP contribution in [0.25, 0.3) is 0 Å². The molecule has 7 heteroatoms. The highest BCUT2D eigenvalue weighted by Crippen LogP contribution is 2.08. The van der Waals surface area contributed by atoms with Gasteiger partial charge in [0.25, 0.3) is 5.91 Å². The summed E-state index contributed by atoms with van der Waals surface area (Å²) >= 11 is 0. The Morgan fingerprint density at radius 2 is 1.96 bits per heavy atom. The molecule has 7 nitrogen and oxygen atoms in total. The van der Waals surface area contributed by atoms with Gasteiger partial charge in [0.1, 0.15) is 5.76 Å². The van der Waals surface area contributed by atoms with Crippen LogP contribution < -0.4 is 10.2 Å². The van der Waals surface area contributed by atoms with Crippen molar-refractivity contribution in [1.29, 1.82) is 0 Å². The molecule has 128 valence electrons. The van der Waals surface area contributed by atoms with Crippen molar-refractivity contribution in [2.45, 2.75) is 13.0 Å². The number of aromatic nitrogens is 3. The van der Waals surface area contributed by atoms with Crippen LogP contribution in [0.1, 0.15) is 21.7 Å². The third kappa shape index (κ3) is 4.63. The Hall–Kier alpha value is -3.22. The van der Waals surface area contributed by atoms with E-state index < -0.39 is 0 Å². The topological polar surface area (TPSA) is 84.2 Å². The van der Waals surface area contributed by atoms with Gasteiger partial charge in [-0.2, -0.15) is 0 Å². The molecule has 3 heterocycles. The number of hydrogen-bond donors (Lipinski definition) is 1. The maximum Gasteiger partial charge on any atom is 0.254 e. The summed E-state index contributed by atoms with van der Waals surface area (Å²) in [5.41, 5.74) is 1.62. The minimum absolute atomic E-state index is 0.234. The van der Waals surface area contributed by atoms with Crippen LogP contribution in [-0.4, -0.2) is 34.5 Å². The summed E-state index contributed by atoms with van der Waals surface area (Å²) in [5, 5.41) is 2.76. The molecule has 0 saturated carbocycles. The molecular weight excluding hydrogens is 318 g/mol. The minimum Gasteiger partial charge on any atom is -0.467 e. The Labute approximate surface area is 145 Å². The Balaban J connectivity index is 1.53. The predicted octanol–water partition coefficient (Wildman–Crippen LogP) is 2.07. The van der Waals surface area contributed by atoms with Gasteiger partial charge in [-0.15, -0.1) is 0 Å². The van der Waals surface area contributed by atoms with Gasteiger partial charge < -0.3 is 14.6 Å². The molecule has 0 aliphatic heterocycles. The second-order valence-corrected chi connectivity index (χ2v) is 5.56. The van der Waals surface area contributed by atoms with Crippen molar-refractivity contribution in [1.82, 2.24) is 20.3 Å². The molecule has 0 spiro atoms. The minimum atomic E-state index is -0.234. The fraction of sp³-hybridized carbons (Fsp3) is 0.222. The maximum atomic E-state index is 12.1. The summed E-state index contributed by atoms with van der Waals surface area (Å²) in [6.45, 7) is 1.10. The number of likely N-dealkylation sites (N-methyl/N-ethyl adjacent to an activating group) is 1.